The van der Waals surface area contributed by atoms with Crippen LogP contribution in [0.5, 0.6) is 5.75 Å². The lowest BCUT2D eigenvalue weighted by Crippen LogP contribution is -2.01. The molecule has 1 heterocycles. The zero-order valence-corrected chi connectivity index (χ0v) is 8.71. The fourth-order valence-corrected chi connectivity index (χ4v) is 1.23. The Hall–Kier alpha value is -2.51. The Kier molecular flexibility index (Phi) is 3.18. The highest BCUT2D eigenvalue weighted by Gasteiger charge is 2.15. The molecule has 1 N–H and O–H groups in total. The minimum absolute atomic E-state index is 0.0856. The van der Waals surface area contributed by atoms with Gasteiger partial charge >= 0.3 is 12.6 Å². The number of benzene rings is 1. The molecule has 18 heavy (non-hydrogen) atoms. The minimum Gasteiger partial charge on any atom is -0.475 e. The molecule has 0 saturated carbocycles. The maximum atomic E-state index is 12.0. The third-order valence-corrected chi connectivity index (χ3v) is 1.92. The molecule has 2 rings (SSSR count). The number of carboxylic acids is 1. The molecule has 0 atom stereocenters. The standard InChI is InChI=1S/C10H6F2N2O4/c11-10(12)17-6-3-1-2-5(4-6)8-13-7(9(15)16)14-18-8/h1-4,10H,(H,15,16). The summed E-state index contributed by atoms with van der Waals surface area (Å²) in [6.45, 7) is -2.95. The van der Waals surface area contributed by atoms with Gasteiger partial charge < -0.3 is 14.4 Å². The number of hydrogen-bond acceptors (Lipinski definition) is 5. The second-order valence-corrected chi connectivity index (χ2v) is 3.13. The summed E-state index contributed by atoms with van der Waals surface area (Å²) in [6.07, 6.45) is 0. The Morgan fingerprint density at radius 1 is 1.44 bits per heavy atom. The van der Waals surface area contributed by atoms with Gasteiger partial charge in [-0.15, -0.1) is 0 Å². The molecule has 6 nitrogen and oxygen atoms in total. The molecule has 0 aliphatic carbocycles. The predicted molar refractivity (Wildman–Crippen MR) is 53.3 cm³/mol. The van der Waals surface area contributed by atoms with E-state index in [4.69, 9.17) is 5.11 Å². The van der Waals surface area contributed by atoms with Gasteiger partial charge in [0, 0.05) is 5.56 Å². The van der Waals surface area contributed by atoms with Crippen LogP contribution in [0.2, 0.25) is 0 Å². The third-order valence-electron chi connectivity index (χ3n) is 1.92. The first kappa shape index (κ1) is 12.0. The van der Waals surface area contributed by atoms with Gasteiger partial charge in [0.15, 0.2) is 0 Å². The fourth-order valence-electron chi connectivity index (χ4n) is 1.23. The maximum Gasteiger partial charge on any atom is 0.387 e. The average Bonchev–Trinajstić information content (AvgIpc) is 2.77. The van der Waals surface area contributed by atoms with Gasteiger partial charge in [-0.3, -0.25) is 0 Å². The van der Waals surface area contributed by atoms with Crippen molar-refractivity contribution >= 4 is 5.97 Å². The predicted octanol–water partition coefficient (Wildman–Crippen LogP) is 2.04. The van der Waals surface area contributed by atoms with Gasteiger partial charge in [-0.2, -0.15) is 13.8 Å². The van der Waals surface area contributed by atoms with Crippen LogP contribution in [0.25, 0.3) is 11.5 Å². The molecule has 0 fully saturated rings. The Morgan fingerprint density at radius 3 is 2.83 bits per heavy atom. The molecule has 0 saturated heterocycles. The number of nitrogens with zero attached hydrogens (tertiary/aromatic N) is 2. The van der Waals surface area contributed by atoms with E-state index in [1.807, 2.05) is 0 Å². The van der Waals surface area contributed by atoms with E-state index in [0.29, 0.717) is 0 Å². The Balaban J connectivity index is 2.29. The largest absolute Gasteiger partial charge is 0.475 e. The zero-order chi connectivity index (χ0) is 13.1. The summed E-state index contributed by atoms with van der Waals surface area (Å²) < 4.78 is 32.9. The van der Waals surface area contributed by atoms with Gasteiger partial charge in [0.05, 0.1) is 0 Å². The molecular formula is C10H6F2N2O4. The first-order valence-electron chi connectivity index (χ1n) is 4.68. The van der Waals surface area contributed by atoms with Crippen molar-refractivity contribution in [1.29, 1.82) is 0 Å². The SMILES string of the molecule is O=C(O)c1noc(-c2cccc(OC(F)F)c2)n1. The monoisotopic (exact) mass is 256 g/mol. The minimum atomic E-state index is -2.95. The molecule has 0 spiro atoms. The van der Waals surface area contributed by atoms with Crippen LogP contribution < -0.4 is 4.74 Å². The molecule has 0 radical (unpaired) electrons. The highest BCUT2D eigenvalue weighted by molar-refractivity contribution is 5.83. The smallest absolute Gasteiger partial charge is 0.387 e. The summed E-state index contributed by atoms with van der Waals surface area (Å²) in [5.41, 5.74) is 0.285. The van der Waals surface area contributed by atoms with Crippen LogP contribution in [0.4, 0.5) is 8.78 Å². The number of rotatable bonds is 4. The van der Waals surface area contributed by atoms with Crippen molar-refractivity contribution in [3.8, 4) is 17.2 Å². The summed E-state index contributed by atoms with van der Waals surface area (Å²) in [5.74, 6) is -2.03. The molecule has 94 valence electrons. The summed E-state index contributed by atoms with van der Waals surface area (Å²) in [4.78, 5) is 14.1. The van der Waals surface area contributed by atoms with E-state index in [0.717, 1.165) is 0 Å². The number of alkyl halides is 2. The second-order valence-electron chi connectivity index (χ2n) is 3.13. The van der Waals surface area contributed by atoms with Gasteiger partial charge in [-0.25, -0.2) is 4.79 Å². The number of aromatic carboxylic acids is 1. The quantitative estimate of drug-likeness (QED) is 0.900. The van der Waals surface area contributed by atoms with Crippen LogP contribution in [0.3, 0.4) is 0 Å². The van der Waals surface area contributed by atoms with Crippen LogP contribution in [-0.2, 0) is 0 Å². The van der Waals surface area contributed by atoms with Crippen molar-refractivity contribution in [3.05, 3.63) is 30.1 Å². The van der Waals surface area contributed by atoms with E-state index in [-0.39, 0.29) is 17.2 Å². The first-order chi connectivity index (χ1) is 8.56. The fraction of sp³-hybridized carbons (Fsp3) is 0.100. The van der Waals surface area contributed by atoms with Crippen molar-refractivity contribution in [2.24, 2.45) is 0 Å². The van der Waals surface area contributed by atoms with Gasteiger partial charge in [0.1, 0.15) is 5.75 Å². The number of hydrogen-bond donors (Lipinski definition) is 1. The third kappa shape index (κ3) is 2.59. The number of carboxylic acid groups (broad SMARTS) is 1. The second kappa shape index (κ2) is 4.78. The number of halogens is 2. The van der Waals surface area contributed by atoms with E-state index >= 15 is 0 Å². The number of aromatic nitrogens is 2. The van der Waals surface area contributed by atoms with Gasteiger partial charge in [0.2, 0.25) is 0 Å². The Bertz CT molecular complexity index is 571. The lowest BCUT2D eigenvalue weighted by atomic mass is 10.2. The summed E-state index contributed by atoms with van der Waals surface area (Å²) >= 11 is 0. The van der Waals surface area contributed by atoms with E-state index in [9.17, 15) is 13.6 Å². The van der Waals surface area contributed by atoms with Crippen molar-refractivity contribution in [3.63, 3.8) is 0 Å². The maximum absolute atomic E-state index is 12.0. The summed E-state index contributed by atoms with van der Waals surface area (Å²) in [6, 6.07) is 5.50. The van der Waals surface area contributed by atoms with E-state index in [1.54, 1.807) is 0 Å². The van der Waals surface area contributed by atoms with E-state index < -0.39 is 18.4 Å². The Morgan fingerprint density at radius 2 is 2.22 bits per heavy atom. The van der Waals surface area contributed by atoms with Crippen LogP contribution in [0.1, 0.15) is 10.6 Å². The molecule has 0 aliphatic rings. The molecule has 1 aromatic heterocycles. The number of carbonyl (C=O) groups is 1. The molecule has 0 aliphatic heterocycles. The average molecular weight is 256 g/mol. The van der Waals surface area contributed by atoms with Crippen molar-refractivity contribution < 1.29 is 27.9 Å². The van der Waals surface area contributed by atoms with Gasteiger partial charge in [-0.1, -0.05) is 6.07 Å². The van der Waals surface area contributed by atoms with Crippen molar-refractivity contribution in [1.82, 2.24) is 10.1 Å². The molecule has 1 aromatic carbocycles. The summed E-state index contributed by atoms with van der Waals surface area (Å²) in [7, 11) is 0. The van der Waals surface area contributed by atoms with Gasteiger partial charge in [-0.05, 0) is 23.4 Å². The first-order valence-corrected chi connectivity index (χ1v) is 4.68. The summed E-state index contributed by atoms with van der Waals surface area (Å²) in [5, 5.41) is 11.8. The van der Waals surface area contributed by atoms with Crippen LogP contribution in [-0.4, -0.2) is 27.8 Å². The van der Waals surface area contributed by atoms with E-state index in [1.165, 1.54) is 24.3 Å². The lowest BCUT2D eigenvalue weighted by molar-refractivity contribution is -0.0498. The molecule has 8 heteroatoms. The molecule has 0 amide bonds. The molecule has 0 bridgehead atoms. The molecule has 2 aromatic rings. The van der Waals surface area contributed by atoms with Crippen LogP contribution in [0.15, 0.2) is 28.8 Å². The highest BCUT2D eigenvalue weighted by Crippen LogP contribution is 2.23. The van der Waals surface area contributed by atoms with E-state index in [2.05, 4.69) is 19.4 Å². The molecule has 0 unspecified atom stereocenters. The Labute approximate surface area is 98.8 Å². The highest BCUT2D eigenvalue weighted by atomic mass is 19.3. The zero-order valence-electron chi connectivity index (χ0n) is 8.71. The van der Waals surface area contributed by atoms with Crippen LogP contribution in [0, 0.1) is 0 Å². The van der Waals surface area contributed by atoms with Crippen LogP contribution >= 0.6 is 0 Å². The normalized spacial score (nSPS) is 10.6. The van der Waals surface area contributed by atoms with Crippen molar-refractivity contribution in [2.75, 3.05) is 0 Å². The number of ether oxygens (including phenoxy) is 1. The molecular weight excluding hydrogens is 250 g/mol. The lowest BCUT2D eigenvalue weighted by Gasteiger charge is -2.04. The van der Waals surface area contributed by atoms with Gasteiger partial charge in [0.25, 0.3) is 11.7 Å². The van der Waals surface area contributed by atoms with Crippen molar-refractivity contribution in [2.45, 2.75) is 6.61 Å². The topological polar surface area (TPSA) is 85.5 Å².